The third-order valence-electron chi connectivity index (χ3n) is 1.52. The lowest BCUT2D eigenvalue weighted by atomic mass is 10.1. The number of nitriles is 1. The molecule has 0 atom stereocenters. The molecule has 80 valence electrons. The van der Waals surface area contributed by atoms with E-state index in [0.29, 0.717) is 4.47 Å². The lowest BCUT2D eigenvalue weighted by Crippen LogP contribution is -2.18. The van der Waals surface area contributed by atoms with Crippen LogP contribution < -0.4 is 4.74 Å². The van der Waals surface area contributed by atoms with Crippen LogP contribution in [0.2, 0.25) is 0 Å². The van der Waals surface area contributed by atoms with Crippen LogP contribution in [0.15, 0.2) is 22.7 Å². The molecule has 0 spiro atoms. The average molecular weight is 280 g/mol. The SMILES string of the molecule is N#CCc1ccc(Br)cc1OC(F)(F)F. The molecule has 0 amide bonds. The molecule has 0 fully saturated rings. The summed E-state index contributed by atoms with van der Waals surface area (Å²) in [6.45, 7) is 0. The van der Waals surface area contributed by atoms with E-state index in [0.717, 1.165) is 0 Å². The zero-order valence-electron chi connectivity index (χ0n) is 7.31. The molecule has 1 aromatic carbocycles. The van der Waals surface area contributed by atoms with E-state index in [2.05, 4.69) is 20.7 Å². The van der Waals surface area contributed by atoms with Crippen molar-refractivity contribution >= 4 is 15.9 Å². The van der Waals surface area contributed by atoms with Crippen LogP contribution in [-0.2, 0) is 6.42 Å². The Morgan fingerprint density at radius 3 is 2.60 bits per heavy atom. The van der Waals surface area contributed by atoms with Crippen molar-refractivity contribution in [2.45, 2.75) is 12.8 Å². The van der Waals surface area contributed by atoms with Gasteiger partial charge in [0.05, 0.1) is 12.5 Å². The predicted molar refractivity (Wildman–Crippen MR) is 50.1 cm³/mol. The summed E-state index contributed by atoms with van der Waals surface area (Å²) in [6.07, 6.45) is -4.87. The highest BCUT2D eigenvalue weighted by molar-refractivity contribution is 9.10. The zero-order chi connectivity index (χ0) is 11.5. The van der Waals surface area contributed by atoms with Crippen LogP contribution in [0.5, 0.6) is 5.75 Å². The van der Waals surface area contributed by atoms with Crippen molar-refractivity contribution < 1.29 is 17.9 Å². The monoisotopic (exact) mass is 279 g/mol. The molecule has 15 heavy (non-hydrogen) atoms. The van der Waals surface area contributed by atoms with Gasteiger partial charge in [0, 0.05) is 10.0 Å². The molecule has 0 bridgehead atoms. The highest BCUT2D eigenvalue weighted by Crippen LogP contribution is 2.29. The summed E-state index contributed by atoms with van der Waals surface area (Å²) >= 11 is 3.02. The highest BCUT2D eigenvalue weighted by Gasteiger charge is 2.32. The Morgan fingerprint density at radius 2 is 2.07 bits per heavy atom. The largest absolute Gasteiger partial charge is 0.573 e. The average Bonchev–Trinajstić information content (AvgIpc) is 2.07. The van der Waals surface area contributed by atoms with Gasteiger partial charge in [0.2, 0.25) is 0 Å². The first-order chi connectivity index (χ1) is 6.92. The molecule has 0 aliphatic heterocycles. The van der Waals surface area contributed by atoms with Gasteiger partial charge in [0.1, 0.15) is 5.75 Å². The first-order valence-electron chi connectivity index (χ1n) is 3.83. The van der Waals surface area contributed by atoms with Gasteiger partial charge in [-0.2, -0.15) is 5.26 Å². The minimum absolute atomic E-state index is 0.126. The van der Waals surface area contributed by atoms with Gasteiger partial charge >= 0.3 is 6.36 Å². The summed E-state index contributed by atoms with van der Waals surface area (Å²) in [5, 5.41) is 8.41. The molecular formula is C9H5BrF3NO. The van der Waals surface area contributed by atoms with Gasteiger partial charge in [-0.1, -0.05) is 22.0 Å². The number of halogens is 4. The smallest absolute Gasteiger partial charge is 0.405 e. The Balaban J connectivity index is 3.03. The third kappa shape index (κ3) is 3.80. The number of rotatable bonds is 2. The number of hydrogen-bond acceptors (Lipinski definition) is 2. The molecule has 2 nitrogen and oxygen atoms in total. The summed E-state index contributed by atoms with van der Waals surface area (Å²) in [4.78, 5) is 0. The molecule has 0 aromatic heterocycles. The quantitative estimate of drug-likeness (QED) is 0.831. The first kappa shape index (κ1) is 11.9. The molecule has 6 heteroatoms. The van der Waals surface area contributed by atoms with Gasteiger partial charge in [0.25, 0.3) is 0 Å². The fourth-order valence-electron chi connectivity index (χ4n) is 0.979. The summed E-state index contributed by atoms with van der Waals surface area (Å²) < 4.78 is 40.2. The van der Waals surface area contributed by atoms with Crippen LogP contribution in [0.25, 0.3) is 0 Å². The molecular weight excluding hydrogens is 275 g/mol. The topological polar surface area (TPSA) is 33.0 Å². The van der Waals surface area contributed by atoms with E-state index in [1.165, 1.54) is 12.1 Å². The van der Waals surface area contributed by atoms with E-state index in [-0.39, 0.29) is 17.7 Å². The fourth-order valence-corrected chi connectivity index (χ4v) is 1.32. The normalized spacial score (nSPS) is 10.9. The predicted octanol–water partition coefficient (Wildman–Crippen LogP) is 3.41. The first-order valence-corrected chi connectivity index (χ1v) is 4.63. The Morgan fingerprint density at radius 1 is 1.40 bits per heavy atom. The summed E-state index contributed by atoms with van der Waals surface area (Å²) in [5.74, 6) is -0.349. The van der Waals surface area contributed by atoms with Crippen molar-refractivity contribution in [1.29, 1.82) is 5.26 Å². The van der Waals surface area contributed by atoms with Gasteiger partial charge in [-0.3, -0.25) is 0 Å². The molecule has 0 heterocycles. The van der Waals surface area contributed by atoms with Crippen molar-refractivity contribution in [3.05, 3.63) is 28.2 Å². The number of alkyl halides is 3. The van der Waals surface area contributed by atoms with Crippen molar-refractivity contribution in [2.75, 3.05) is 0 Å². The maximum Gasteiger partial charge on any atom is 0.573 e. The number of ether oxygens (including phenoxy) is 1. The Labute approximate surface area is 92.4 Å². The van der Waals surface area contributed by atoms with Crippen molar-refractivity contribution in [3.8, 4) is 11.8 Å². The summed E-state index contributed by atoms with van der Waals surface area (Å²) in [5.41, 5.74) is 0.207. The number of hydrogen-bond donors (Lipinski definition) is 0. The van der Waals surface area contributed by atoms with Crippen LogP contribution in [0, 0.1) is 11.3 Å². The van der Waals surface area contributed by atoms with E-state index >= 15 is 0 Å². The van der Waals surface area contributed by atoms with Crippen LogP contribution >= 0.6 is 15.9 Å². The second kappa shape index (κ2) is 4.53. The van der Waals surface area contributed by atoms with E-state index in [9.17, 15) is 13.2 Å². The maximum atomic E-state index is 12.0. The number of benzene rings is 1. The minimum atomic E-state index is -4.75. The van der Waals surface area contributed by atoms with Crippen LogP contribution in [0.1, 0.15) is 5.56 Å². The summed E-state index contributed by atoms with van der Waals surface area (Å²) in [7, 11) is 0. The van der Waals surface area contributed by atoms with Crippen molar-refractivity contribution in [1.82, 2.24) is 0 Å². The Hall–Kier alpha value is -1.22. The molecule has 0 unspecified atom stereocenters. The van der Waals surface area contributed by atoms with E-state index in [4.69, 9.17) is 5.26 Å². The molecule has 0 aliphatic rings. The second-order valence-corrected chi connectivity index (χ2v) is 3.55. The fraction of sp³-hybridized carbons (Fsp3) is 0.222. The lowest BCUT2D eigenvalue weighted by Gasteiger charge is -2.11. The van der Waals surface area contributed by atoms with E-state index in [1.54, 1.807) is 12.1 Å². The lowest BCUT2D eigenvalue weighted by molar-refractivity contribution is -0.274. The highest BCUT2D eigenvalue weighted by atomic mass is 79.9. The third-order valence-corrected chi connectivity index (χ3v) is 2.02. The van der Waals surface area contributed by atoms with Crippen molar-refractivity contribution in [2.24, 2.45) is 0 Å². The van der Waals surface area contributed by atoms with Gasteiger partial charge in [-0.05, 0) is 12.1 Å². The van der Waals surface area contributed by atoms with Crippen molar-refractivity contribution in [3.63, 3.8) is 0 Å². The van der Waals surface area contributed by atoms with Crippen LogP contribution in [0.4, 0.5) is 13.2 Å². The molecule has 0 saturated heterocycles. The molecule has 0 aliphatic carbocycles. The van der Waals surface area contributed by atoms with Crippen LogP contribution in [0.3, 0.4) is 0 Å². The van der Waals surface area contributed by atoms with Gasteiger partial charge in [-0.15, -0.1) is 13.2 Å². The van der Waals surface area contributed by atoms with Gasteiger partial charge in [-0.25, -0.2) is 0 Å². The summed E-state index contributed by atoms with van der Waals surface area (Å²) in [6, 6.07) is 5.91. The number of nitrogens with zero attached hydrogens (tertiary/aromatic N) is 1. The van der Waals surface area contributed by atoms with Gasteiger partial charge < -0.3 is 4.74 Å². The molecule has 1 aromatic rings. The minimum Gasteiger partial charge on any atom is -0.405 e. The molecule has 0 N–H and O–H groups in total. The molecule has 0 saturated carbocycles. The van der Waals surface area contributed by atoms with E-state index < -0.39 is 6.36 Å². The standard InChI is InChI=1S/C9H5BrF3NO/c10-7-2-1-6(3-4-14)8(5-7)15-9(11,12)13/h1-2,5H,3H2. The van der Waals surface area contributed by atoms with Gasteiger partial charge in [0.15, 0.2) is 0 Å². The Kier molecular flexibility index (Phi) is 3.58. The second-order valence-electron chi connectivity index (χ2n) is 2.63. The molecule has 0 radical (unpaired) electrons. The molecule has 1 rings (SSSR count). The Bertz CT molecular complexity index is 397. The zero-order valence-corrected chi connectivity index (χ0v) is 8.89. The van der Waals surface area contributed by atoms with E-state index in [1.807, 2.05) is 0 Å². The van der Waals surface area contributed by atoms with Crippen LogP contribution in [-0.4, -0.2) is 6.36 Å². The maximum absolute atomic E-state index is 12.0.